The van der Waals surface area contributed by atoms with Crippen LogP contribution in [0.2, 0.25) is 0 Å². The zero-order valence-electron chi connectivity index (χ0n) is 10.0. The Labute approximate surface area is 108 Å². The van der Waals surface area contributed by atoms with Crippen LogP contribution in [0.5, 0.6) is 0 Å². The molecule has 2 rings (SSSR count). The number of rotatable bonds is 4. The van der Waals surface area contributed by atoms with E-state index in [1.165, 1.54) is 0 Å². The smallest absolute Gasteiger partial charge is 0.315 e. The molecule has 1 fully saturated rings. The van der Waals surface area contributed by atoms with E-state index in [0.29, 0.717) is 6.07 Å². The summed E-state index contributed by atoms with van der Waals surface area (Å²) in [6.45, 7) is -0.282. The van der Waals surface area contributed by atoms with Crippen LogP contribution in [0.25, 0.3) is 0 Å². The van der Waals surface area contributed by atoms with Crippen LogP contribution < -0.4 is 16.0 Å². The SMILES string of the molecule is O=C(CNC(=O)NC1CC1)Nc1ccc(F)cc1F. The van der Waals surface area contributed by atoms with Gasteiger partial charge in [0.25, 0.3) is 0 Å². The van der Waals surface area contributed by atoms with Crippen LogP contribution in [-0.4, -0.2) is 24.5 Å². The minimum absolute atomic E-state index is 0.129. The molecule has 0 aliphatic heterocycles. The standard InChI is InChI=1S/C12H13F2N3O2/c13-7-1-4-10(9(14)5-7)17-11(18)6-15-12(19)16-8-2-3-8/h1,4-5,8H,2-3,6H2,(H,17,18)(H2,15,16,19). The molecule has 0 unspecified atom stereocenters. The van der Waals surface area contributed by atoms with E-state index in [0.717, 1.165) is 25.0 Å². The molecule has 1 aromatic rings. The molecule has 5 nitrogen and oxygen atoms in total. The molecule has 7 heteroatoms. The molecule has 19 heavy (non-hydrogen) atoms. The van der Waals surface area contributed by atoms with Crippen molar-refractivity contribution in [1.82, 2.24) is 10.6 Å². The summed E-state index contributed by atoms with van der Waals surface area (Å²) in [5, 5.41) is 7.22. The first kappa shape index (κ1) is 13.3. The van der Waals surface area contributed by atoms with Gasteiger partial charge in [-0.2, -0.15) is 0 Å². The van der Waals surface area contributed by atoms with Gasteiger partial charge in [0, 0.05) is 12.1 Å². The summed E-state index contributed by atoms with van der Waals surface area (Å²) >= 11 is 0. The minimum Gasteiger partial charge on any atom is -0.335 e. The Bertz CT molecular complexity index is 504. The highest BCUT2D eigenvalue weighted by atomic mass is 19.1. The number of hydrogen-bond acceptors (Lipinski definition) is 2. The fraction of sp³-hybridized carbons (Fsp3) is 0.333. The molecule has 0 heterocycles. The molecule has 1 saturated carbocycles. The van der Waals surface area contributed by atoms with Crippen molar-refractivity contribution in [3.8, 4) is 0 Å². The van der Waals surface area contributed by atoms with E-state index in [-0.39, 0.29) is 18.3 Å². The van der Waals surface area contributed by atoms with Crippen LogP contribution in [0.3, 0.4) is 0 Å². The topological polar surface area (TPSA) is 70.2 Å². The second kappa shape index (κ2) is 5.64. The van der Waals surface area contributed by atoms with E-state index >= 15 is 0 Å². The molecule has 1 aliphatic carbocycles. The number of carbonyl (C=O) groups is 2. The lowest BCUT2D eigenvalue weighted by molar-refractivity contribution is -0.115. The molecule has 3 N–H and O–H groups in total. The maximum atomic E-state index is 13.2. The van der Waals surface area contributed by atoms with Crippen molar-refractivity contribution in [2.45, 2.75) is 18.9 Å². The number of amides is 3. The quantitative estimate of drug-likeness (QED) is 0.772. The molecule has 102 valence electrons. The molecule has 1 aromatic carbocycles. The Hall–Kier alpha value is -2.18. The van der Waals surface area contributed by atoms with Gasteiger partial charge in [-0.25, -0.2) is 13.6 Å². The third-order valence-electron chi connectivity index (χ3n) is 2.53. The third kappa shape index (κ3) is 4.20. The summed E-state index contributed by atoms with van der Waals surface area (Å²) in [5.41, 5.74) is -0.129. The highest BCUT2D eigenvalue weighted by Gasteiger charge is 2.23. The molecule has 0 atom stereocenters. The van der Waals surface area contributed by atoms with E-state index in [9.17, 15) is 18.4 Å². The van der Waals surface area contributed by atoms with E-state index in [1.54, 1.807) is 0 Å². The second-order valence-corrected chi connectivity index (χ2v) is 4.27. The Kier molecular flexibility index (Phi) is 3.94. The van der Waals surface area contributed by atoms with Gasteiger partial charge in [0.1, 0.15) is 11.6 Å². The lowest BCUT2D eigenvalue weighted by atomic mass is 10.3. The number of carbonyl (C=O) groups excluding carboxylic acids is 2. The van der Waals surface area contributed by atoms with E-state index in [1.807, 2.05) is 0 Å². The fourth-order valence-electron chi connectivity index (χ4n) is 1.41. The first-order valence-corrected chi connectivity index (χ1v) is 5.84. The van der Waals surface area contributed by atoms with Crippen LogP contribution >= 0.6 is 0 Å². The van der Waals surface area contributed by atoms with Gasteiger partial charge >= 0.3 is 6.03 Å². The lowest BCUT2D eigenvalue weighted by Crippen LogP contribution is -2.40. The predicted octanol–water partition coefficient (Wildman–Crippen LogP) is 1.36. The molecule has 3 amide bonds. The number of anilines is 1. The average molecular weight is 269 g/mol. The largest absolute Gasteiger partial charge is 0.335 e. The van der Waals surface area contributed by atoms with Crippen molar-refractivity contribution in [1.29, 1.82) is 0 Å². The van der Waals surface area contributed by atoms with Crippen molar-refractivity contribution in [3.05, 3.63) is 29.8 Å². The molecule has 1 aliphatic rings. The fourth-order valence-corrected chi connectivity index (χ4v) is 1.41. The van der Waals surface area contributed by atoms with E-state index in [2.05, 4.69) is 16.0 Å². The maximum absolute atomic E-state index is 13.2. The third-order valence-corrected chi connectivity index (χ3v) is 2.53. The Balaban J connectivity index is 1.78. The predicted molar refractivity (Wildman–Crippen MR) is 64.5 cm³/mol. The van der Waals surface area contributed by atoms with Gasteiger partial charge in [0.05, 0.1) is 12.2 Å². The van der Waals surface area contributed by atoms with Crippen molar-refractivity contribution in [2.75, 3.05) is 11.9 Å². The summed E-state index contributed by atoms with van der Waals surface area (Å²) in [6.07, 6.45) is 1.89. The molecule has 0 spiro atoms. The second-order valence-electron chi connectivity index (χ2n) is 4.27. The van der Waals surface area contributed by atoms with Gasteiger partial charge in [-0.15, -0.1) is 0 Å². The zero-order chi connectivity index (χ0) is 13.8. The normalized spacial score (nSPS) is 13.8. The van der Waals surface area contributed by atoms with Crippen molar-refractivity contribution in [2.24, 2.45) is 0 Å². The van der Waals surface area contributed by atoms with Gasteiger partial charge in [-0.1, -0.05) is 0 Å². The molecule has 0 bridgehead atoms. The Morgan fingerprint density at radius 1 is 1.26 bits per heavy atom. The average Bonchev–Trinajstić information content (AvgIpc) is 3.14. The van der Waals surface area contributed by atoms with Gasteiger partial charge in [-0.05, 0) is 25.0 Å². The van der Waals surface area contributed by atoms with Crippen LogP contribution in [0.15, 0.2) is 18.2 Å². The van der Waals surface area contributed by atoms with Gasteiger partial charge in [-0.3, -0.25) is 4.79 Å². The highest BCUT2D eigenvalue weighted by Crippen LogP contribution is 2.18. The van der Waals surface area contributed by atoms with Crippen LogP contribution in [0.1, 0.15) is 12.8 Å². The Morgan fingerprint density at radius 3 is 2.63 bits per heavy atom. The molecular weight excluding hydrogens is 256 g/mol. The van der Waals surface area contributed by atoms with Crippen molar-refractivity contribution in [3.63, 3.8) is 0 Å². The van der Waals surface area contributed by atoms with Gasteiger partial charge in [0.15, 0.2) is 0 Å². The number of nitrogens with one attached hydrogen (secondary N) is 3. The number of hydrogen-bond donors (Lipinski definition) is 3. The van der Waals surface area contributed by atoms with Gasteiger partial charge in [0.2, 0.25) is 5.91 Å². The molecule has 0 aromatic heterocycles. The van der Waals surface area contributed by atoms with Crippen molar-refractivity contribution >= 4 is 17.6 Å². The Morgan fingerprint density at radius 2 is 2.00 bits per heavy atom. The number of benzene rings is 1. The maximum Gasteiger partial charge on any atom is 0.315 e. The monoisotopic (exact) mass is 269 g/mol. The molecule has 0 saturated heterocycles. The molecule has 0 radical (unpaired) electrons. The first-order chi connectivity index (χ1) is 9.04. The molecular formula is C12H13F2N3O2. The van der Waals surface area contributed by atoms with Crippen molar-refractivity contribution < 1.29 is 18.4 Å². The highest BCUT2D eigenvalue weighted by molar-refractivity contribution is 5.94. The minimum atomic E-state index is -0.865. The van der Waals surface area contributed by atoms with Crippen LogP contribution in [0.4, 0.5) is 19.3 Å². The summed E-state index contributed by atoms with van der Waals surface area (Å²) < 4.78 is 25.9. The van der Waals surface area contributed by atoms with E-state index in [4.69, 9.17) is 0 Å². The first-order valence-electron chi connectivity index (χ1n) is 5.84. The lowest BCUT2D eigenvalue weighted by Gasteiger charge is -2.08. The summed E-state index contributed by atoms with van der Waals surface area (Å²) in [7, 11) is 0. The number of urea groups is 1. The van der Waals surface area contributed by atoms with Gasteiger partial charge < -0.3 is 16.0 Å². The summed E-state index contributed by atoms with van der Waals surface area (Å²) in [4.78, 5) is 22.7. The van der Waals surface area contributed by atoms with E-state index < -0.39 is 23.6 Å². The van der Waals surface area contributed by atoms with Crippen LogP contribution in [-0.2, 0) is 4.79 Å². The van der Waals surface area contributed by atoms with Crippen LogP contribution in [0, 0.1) is 11.6 Å². The zero-order valence-corrected chi connectivity index (χ0v) is 10.0. The summed E-state index contributed by atoms with van der Waals surface area (Å²) in [5.74, 6) is -2.18. The summed E-state index contributed by atoms with van der Waals surface area (Å²) in [6, 6.07) is 2.58. The number of halogens is 2.